The van der Waals surface area contributed by atoms with E-state index in [4.69, 9.17) is 4.74 Å². The van der Waals surface area contributed by atoms with Crippen molar-refractivity contribution in [2.24, 2.45) is 11.8 Å². The lowest BCUT2D eigenvalue weighted by atomic mass is 10.2. The van der Waals surface area contributed by atoms with Crippen LogP contribution in [0.5, 0.6) is 0 Å². The van der Waals surface area contributed by atoms with E-state index in [9.17, 15) is 0 Å². The van der Waals surface area contributed by atoms with Crippen molar-refractivity contribution in [2.75, 3.05) is 33.4 Å². The number of ether oxygens (including phenoxy) is 1. The molecule has 1 fully saturated rings. The summed E-state index contributed by atoms with van der Waals surface area (Å²) in [5.41, 5.74) is 1.17. The largest absolute Gasteiger partial charge is 0.380 e. The molecular weight excluding hydrogens is 282 g/mol. The molecule has 0 bridgehead atoms. The summed E-state index contributed by atoms with van der Waals surface area (Å²) < 4.78 is 5.68. The number of nitrogens with zero attached hydrogens (tertiary/aromatic N) is 2. The lowest BCUT2D eigenvalue weighted by Crippen LogP contribution is -2.23. The molecule has 0 aliphatic heterocycles. The highest BCUT2D eigenvalue weighted by Gasteiger charge is 2.20. The molecule has 0 spiro atoms. The van der Waals surface area contributed by atoms with Crippen molar-refractivity contribution in [3.8, 4) is 0 Å². The van der Waals surface area contributed by atoms with Gasteiger partial charge in [0.2, 0.25) is 0 Å². The van der Waals surface area contributed by atoms with Crippen LogP contribution in [-0.4, -0.2) is 43.2 Å². The molecule has 1 aliphatic carbocycles. The van der Waals surface area contributed by atoms with Crippen LogP contribution in [0, 0.1) is 11.8 Å². The predicted molar refractivity (Wildman–Crippen MR) is 88.5 cm³/mol. The Morgan fingerprint density at radius 3 is 3.00 bits per heavy atom. The molecule has 1 N–H and O–H groups in total. The maximum atomic E-state index is 5.68. The van der Waals surface area contributed by atoms with Crippen LogP contribution in [0.2, 0.25) is 0 Å². The van der Waals surface area contributed by atoms with Crippen LogP contribution in [0.1, 0.15) is 37.4 Å². The Hall–Kier alpha value is -0.490. The van der Waals surface area contributed by atoms with Crippen molar-refractivity contribution in [3.63, 3.8) is 0 Å². The van der Waals surface area contributed by atoms with Gasteiger partial charge in [-0.1, -0.05) is 13.8 Å². The zero-order valence-electron chi connectivity index (χ0n) is 13.6. The number of nitrogens with one attached hydrogen (secondary N) is 1. The minimum absolute atomic E-state index is 0.686. The van der Waals surface area contributed by atoms with Crippen molar-refractivity contribution in [2.45, 2.75) is 39.8 Å². The van der Waals surface area contributed by atoms with Crippen molar-refractivity contribution >= 4 is 11.3 Å². The highest BCUT2D eigenvalue weighted by molar-refractivity contribution is 7.09. The molecule has 2 rings (SSSR count). The molecule has 0 aromatic carbocycles. The zero-order valence-corrected chi connectivity index (χ0v) is 14.4. The van der Waals surface area contributed by atoms with Crippen LogP contribution in [0.25, 0.3) is 0 Å². The molecule has 1 saturated carbocycles. The zero-order chi connectivity index (χ0) is 15.1. The molecule has 0 amide bonds. The van der Waals surface area contributed by atoms with E-state index in [0.717, 1.165) is 45.3 Å². The Morgan fingerprint density at radius 1 is 1.48 bits per heavy atom. The van der Waals surface area contributed by atoms with E-state index in [0.29, 0.717) is 5.92 Å². The van der Waals surface area contributed by atoms with E-state index < -0.39 is 0 Å². The standard InChI is InChI=1S/C16H29N3OS/c1-13(2)8-17-9-16-18-15(12-21-16)10-19(3)6-7-20-11-14-4-5-14/h12-14,17H,4-11H2,1-3H3. The summed E-state index contributed by atoms with van der Waals surface area (Å²) in [7, 11) is 2.14. The molecule has 120 valence electrons. The fourth-order valence-electron chi connectivity index (χ4n) is 2.08. The van der Waals surface area contributed by atoms with Gasteiger partial charge in [0.05, 0.1) is 12.3 Å². The Bertz CT molecular complexity index is 404. The number of hydrogen-bond donors (Lipinski definition) is 1. The molecule has 0 saturated heterocycles. The fourth-order valence-corrected chi connectivity index (χ4v) is 2.84. The highest BCUT2D eigenvalue weighted by atomic mass is 32.1. The van der Waals surface area contributed by atoms with Gasteiger partial charge >= 0.3 is 0 Å². The van der Waals surface area contributed by atoms with Gasteiger partial charge in [-0.2, -0.15) is 0 Å². The Balaban J connectivity index is 1.58. The molecule has 0 atom stereocenters. The van der Waals surface area contributed by atoms with E-state index in [2.05, 4.69) is 41.5 Å². The van der Waals surface area contributed by atoms with Gasteiger partial charge in [0.15, 0.2) is 0 Å². The Kier molecular flexibility index (Phi) is 7.10. The molecule has 4 nitrogen and oxygen atoms in total. The average Bonchev–Trinajstić information content (AvgIpc) is 3.15. The first kappa shape index (κ1) is 16.9. The number of hydrogen-bond acceptors (Lipinski definition) is 5. The first-order valence-corrected chi connectivity index (χ1v) is 8.91. The van der Waals surface area contributed by atoms with Crippen LogP contribution in [0.3, 0.4) is 0 Å². The number of aromatic nitrogens is 1. The third kappa shape index (κ3) is 7.36. The third-order valence-electron chi connectivity index (χ3n) is 3.53. The maximum absolute atomic E-state index is 5.68. The summed E-state index contributed by atoms with van der Waals surface area (Å²) in [5.74, 6) is 1.54. The van der Waals surface area contributed by atoms with Crippen LogP contribution in [0.15, 0.2) is 5.38 Å². The highest BCUT2D eigenvalue weighted by Crippen LogP contribution is 2.28. The number of thiazole rings is 1. The van der Waals surface area contributed by atoms with E-state index in [1.54, 1.807) is 11.3 Å². The first-order chi connectivity index (χ1) is 10.1. The van der Waals surface area contributed by atoms with E-state index in [1.807, 2.05) is 0 Å². The molecule has 1 heterocycles. The molecule has 1 aliphatic rings. The topological polar surface area (TPSA) is 37.4 Å². The monoisotopic (exact) mass is 311 g/mol. The molecule has 0 unspecified atom stereocenters. The number of rotatable bonds is 11. The second-order valence-electron chi connectivity index (χ2n) is 6.51. The van der Waals surface area contributed by atoms with Crippen molar-refractivity contribution in [1.29, 1.82) is 0 Å². The smallest absolute Gasteiger partial charge is 0.107 e. The van der Waals surface area contributed by atoms with E-state index >= 15 is 0 Å². The quantitative estimate of drug-likeness (QED) is 0.638. The van der Waals surface area contributed by atoms with Gasteiger partial charge in [-0.05, 0) is 38.3 Å². The van der Waals surface area contributed by atoms with Crippen molar-refractivity contribution in [1.82, 2.24) is 15.2 Å². The van der Waals surface area contributed by atoms with Crippen molar-refractivity contribution < 1.29 is 4.74 Å². The second-order valence-corrected chi connectivity index (χ2v) is 7.46. The van der Waals surface area contributed by atoms with Gasteiger partial charge < -0.3 is 10.1 Å². The normalized spacial score (nSPS) is 15.3. The van der Waals surface area contributed by atoms with E-state index in [1.165, 1.54) is 23.5 Å². The second kappa shape index (κ2) is 8.83. The summed E-state index contributed by atoms with van der Waals surface area (Å²) in [5, 5.41) is 6.80. The first-order valence-electron chi connectivity index (χ1n) is 8.03. The van der Waals surface area contributed by atoms with Gasteiger partial charge in [0.1, 0.15) is 5.01 Å². The summed E-state index contributed by atoms with van der Waals surface area (Å²) in [4.78, 5) is 6.97. The summed E-state index contributed by atoms with van der Waals surface area (Å²) in [6.45, 7) is 10.1. The minimum atomic E-state index is 0.686. The Morgan fingerprint density at radius 2 is 2.29 bits per heavy atom. The van der Waals surface area contributed by atoms with Gasteiger partial charge in [-0.25, -0.2) is 4.98 Å². The molecule has 0 radical (unpaired) electrons. The maximum Gasteiger partial charge on any atom is 0.107 e. The number of likely N-dealkylation sites (N-methyl/N-ethyl adjacent to an activating group) is 1. The predicted octanol–water partition coefficient (Wildman–Crippen LogP) is 2.75. The van der Waals surface area contributed by atoms with Crippen LogP contribution < -0.4 is 5.32 Å². The van der Waals surface area contributed by atoms with Crippen molar-refractivity contribution in [3.05, 3.63) is 16.1 Å². The van der Waals surface area contributed by atoms with Gasteiger partial charge in [-0.3, -0.25) is 4.90 Å². The SMILES string of the molecule is CC(C)CNCc1nc(CN(C)CCOCC2CC2)cs1. The van der Waals surface area contributed by atoms with Gasteiger partial charge in [0, 0.05) is 31.6 Å². The van der Waals surface area contributed by atoms with Crippen LogP contribution in [-0.2, 0) is 17.8 Å². The van der Waals surface area contributed by atoms with Gasteiger partial charge in [-0.15, -0.1) is 11.3 Å². The molecule has 5 heteroatoms. The summed E-state index contributed by atoms with van der Waals surface area (Å²) in [6, 6.07) is 0. The lowest BCUT2D eigenvalue weighted by Gasteiger charge is -2.15. The molecular formula is C16H29N3OS. The Labute approximate surface area is 132 Å². The molecule has 1 aromatic rings. The fraction of sp³-hybridized carbons (Fsp3) is 0.812. The summed E-state index contributed by atoms with van der Waals surface area (Å²) in [6.07, 6.45) is 2.73. The minimum Gasteiger partial charge on any atom is -0.380 e. The van der Waals surface area contributed by atoms with Crippen LogP contribution in [0.4, 0.5) is 0 Å². The lowest BCUT2D eigenvalue weighted by molar-refractivity contribution is 0.101. The molecule has 1 aromatic heterocycles. The molecule has 21 heavy (non-hydrogen) atoms. The summed E-state index contributed by atoms with van der Waals surface area (Å²) >= 11 is 1.75. The van der Waals surface area contributed by atoms with Gasteiger partial charge in [0.25, 0.3) is 0 Å². The average molecular weight is 311 g/mol. The van der Waals surface area contributed by atoms with Crippen LogP contribution >= 0.6 is 11.3 Å². The third-order valence-corrected chi connectivity index (χ3v) is 4.43. The van der Waals surface area contributed by atoms with E-state index in [-0.39, 0.29) is 0 Å².